The second-order valence-corrected chi connectivity index (χ2v) is 7.32. The number of rotatable bonds is 5. The Morgan fingerprint density at radius 2 is 1.68 bits per heavy atom. The molecule has 116 valence electrons. The summed E-state index contributed by atoms with van der Waals surface area (Å²) >= 11 is 0. The number of Topliss-reactive ketones (excluding diaryl/α,β-unsaturated/α-hetero) is 3. The Morgan fingerprint density at radius 1 is 1.14 bits per heavy atom. The van der Waals surface area contributed by atoms with E-state index in [9.17, 15) is 22.8 Å². The molecule has 0 heterocycles. The number of hydrogen-bond donors (Lipinski definition) is 0. The van der Waals surface area contributed by atoms with E-state index in [-0.39, 0.29) is 24.8 Å². The highest BCUT2D eigenvalue weighted by Crippen LogP contribution is 2.34. The normalized spacial score (nSPS) is 18.0. The fourth-order valence-electron chi connectivity index (χ4n) is 2.73. The van der Waals surface area contributed by atoms with Gasteiger partial charge in [0.2, 0.25) is 4.75 Å². The van der Waals surface area contributed by atoms with Crippen molar-refractivity contribution in [2.24, 2.45) is 0 Å². The molecule has 0 unspecified atom stereocenters. The van der Waals surface area contributed by atoms with Gasteiger partial charge in [-0.2, -0.15) is 0 Å². The molecule has 0 saturated heterocycles. The molecule has 0 aromatic heterocycles. The minimum atomic E-state index is -4.31. The van der Waals surface area contributed by atoms with Crippen LogP contribution in [0, 0.1) is 0 Å². The monoisotopic (exact) mass is 320 g/mol. The smallest absolute Gasteiger partial charge is 0.250 e. The molecular formula is C16H16O5S. The van der Waals surface area contributed by atoms with Crippen LogP contribution < -0.4 is 0 Å². The quantitative estimate of drug-likeness (QED) is 0.466. The van der Waals surface area contributed by atoms with Gasteiger partial charge < -0.3 is 0 Å². The van der Waals surface area contributed by atoms with Crippen molar-refractivity contribution in [2.45, 2.75) is 24.0 Å². The van der Waals surface area contributed by atoms with Gasteiger partial charge in [0.05, 0.1) is 5.75 Å². The van der Waals surface area contributed by atoms with Gasteiger partial charge in [-0.25, -0.2) is 8.42 Å². The first-order valence-corrected chi connectivity index (χ1v) is 8.53. The Labute approximate surface area is 128 Å². The molecule has 1 aromatic carbocycles. The fourth-order valence-corrected chi connectivity index (χ4v) is 4.59. The van der Waals surface area contributed by atoms with Crippen molar-refractivity contribution in [3.63, 3.8) is 0 Å². The summed E-state index contributed by atoms with van der Waals surface area (Å²) in [7, 11) is -4.31. The molecule has 1 aliphatic rings. The largest absolute Gasteiger partial charge is 0.297 e. The van der Waals surface area contributed by atoms with E-state index in [1.165, 1.54) is 12.1 Å². The van der Waals surface area contributed by atoms with Gasteiger partial charge in [0, 0.05) is 18.4 Å². The van der Waals surface area contributed by atoms with Crippen molar-refractivity contribution in [2.75, 3.05) is 5.75 Å². The third kappa shape index (κ3) is 2.33. The van der Waals surface area contributed by atoms with Crippen molar-refractivity contribution in [1.82, 2.24) is 0 Å². The van der Waals surface area contributed by atoms with E-state index in [0.717, 1.165) is 6.08 Å². The molecule has 1 aromatic rings. The Kier molecular flexibility index (Phi) is 4.42. The third-order valence-electron chi connectivity index (χ3n) is 3.75. The Morgan fingerprint density at radius 3 is 2.18 bits per heavy atom. The fraction of sp³-hybridized carbons (Fsp3) is 0.312. The topological polar surface area (TPSA) is 85.3 Å². The van der Waals surface area contributed by atoms with Gasteiger partial charge in [0.15, 0.2) is 27.2 Å². The highest BCUT2D eigenvalue weighted by atomic mass is 32.2. The maximum atomic E-state index is 12.8. The number of ketones is 3. The SMILES string of the molecule is C=CCS(=O)(=O)C1(C(=O)c2ccccc2)C(=O)CCCC1=O. The van der Waals surface area contributed by atoms with Gasteiger partial charge in [-0.05, 0) is 6.42 Å². The van der Waals surface area contributed by atoms with E-state index in [1.807, 2.05) is 0 Å². The van der Waals surface area contributed by atoms with Crippen LogP contribution >= 0.6 is 0 Å². The summed E-state index contributed by atoms with van der Waals surface area (Å²) in [6.45, 7) is 3.34. The molecule has 0 spiro atoms. The molecule has 22 heavy (non-hydrogen) atoms. The van der Waals surface area contributed by atoms with Crippen LogP contribution in [0.3, 0.4) is 0 Å². The van der Waals surface area contributed by atoms with Crippen LogP contribution in [0.25, 0.3) is 0 Å². The first-order valence-electron chi connectivity index (χ1n) is 6.87. The Bertz CT molecular complexity index is 715. The number of hydrogen-bond acceptors (Lipinski definition) is 5. The molecule has 0 N–H and O–H groups in total. The summed E-state index contributed by atoms with van der Waals surface area (Å²) < 4.78 is 22.6. The van der Waals surface area contributed by atoms with E-state index in [4.69, 9.17) is 0 Å². The second-order valence-electron chi connectivity index (χ2n) is 5.15. The van der Waals surface area contributed by atoms with E-state index < -0.39 is 37.7 Å². The molecule has 1 aliphatic carbocycles. The average molecular weight is 320 g/mol. The lowest BCUT2D eigenvalue weighted by Gasteiger charge is -2.32. The molecule has 2 rings (SSSR count). The van der Waals surface area contributed by atoms with E-state index in [0.29, 0.717) is 0 Å². The zero-order valence-electron chi connectivity index (χ0n) is 11.9. The van der Waals surface area contributed by atoms with E-state index in [2.05, 4.69) is 6.58 Å². The number of benzene rings is 1. The van der Waals surface area contributed by atoms with Crippen molar-refractivity contribution >= 4 is 27.2 Å². The lowest BCUT2D eigenvalue weighted by Crippen LogP contribution is -2.61. The minimum Gasteiger partial charge on any atom is -0.297 e. The van der Waals surface area contributed by atoms with Crippen molar-refractivity contribution < 1.29 is 22.8 Å². The summed E-state index contributed by atoms with van der Waals surface area (Å²) in [6.07, 6.45) is 1.16. The molecule has 0 atom stereocenters. The van der Waals surface area contributed by atoms with Crippen molar-refractivity contribution in [3.05, 3.63) is 48.6 Å². The predicted molar refractivity (Wildman–Crippen MR) is 81.4 cm³/mol. The first kappa shape index (κ1) is 16.3. The highest BCUT2D eigenvalue weighted by Gasteiger charge is 2.62. The minimum absolute atomic E-state index is 0.0405. The second kappa shape index (κ2) is 5.96. The van der Waals surface area contributed by atoms with Gasteiger partial charge in [-0.15, -0.1) is 6.58 Å². The number of sulfone groups is 1. The maximum Gasteiger partial charge on any atom is 0.250 e. The summed E-state index contributed by atoms with van der Waals surface area (Å²) in [6, 6.07) is 7.58. The lowest BCUT2D eigenvalue weighted by molar-refractivity contribution is -0.131. The highest BCUT2D eigenvalue weighted by molar-refractivity contribution is 7.95. The molecular weight excluding hydrogens is 304 g/mol. The molecule has 0 bridgehead atoms. The average Bonchev–Trinajstić information content (AvgIpc) is 2.47. The molecule has 0 radical (unpaired) electrons. The standard InChI is InChI=1S/C16H16O5S/c1-2-11-22(20,21)16(13(17)9-6-10-14(16)18)15(19)12-7-4-3-5-8-12/h2-5,7-8H,1,6,9-11H2. The molecule has 1 fully saturated rings. The first-order chi connectivity index (χ1) is 10.4. The maximum absolute atomic E-state index is 12.8. The van der Waals surface area contributed by atoms with Crippen LogP contribution in [0.5, 0.6) is 0 Å². The Balaban J connectivity index is 2.71. The number of carbonyl (C=O) groups is 3. The van der Waals surface area contributed by atoms with Crippen LogP contribution in [0.4, 0.5) is 0 Å². The molecule has 6 heteroatoms. The van der Waals surface area contributed by atoms with Crippen LogP contribution in [0.2, 0.25) is 0 Å². The van der Waals surface area contributed by atoms with Crippen molar-refractivity contribution in [3.8, 4) is 0 Å². The predicted octanol–water partition coefficient (Wildman–Crippen LogP) is 1.53. The van der Waals surface area contributed by atoms with E-state index >= 15 is 0 Å². The molecule has 0 amide bonds. The summed E-state index contributed by atoms with van der Waals surface area (Å²) in [4.78, 5) is 37.6. The summed E-state index contributed by atoms with van der Waals surface area (Å²) in [5.41, 5.74) is 0.0405. The van der Waals surface area contributed by atoms with Crippen LogP contribution in [0.1, 0.15) is 29.6 Å². The van der Waals surface area contributed by atoms with Gasteiger partial charge in [-0.3, -0.25) is 14.4 Å². The number of carbonyl (C=O) groups excluding carboxylic acids is 3. The van der Waals surface area contributed by atoms with Crippen LogP contribution in [-0.4, -0.2) is 36.3 Å². The van der Waals surface area contributed by atoms with Gasteiger partial charge in [0.1, 0.15) is 0 Å². The van der Waals surface area contributed by atoms with E-state index in [1.54, 1.807) is 18.2 Å². The van der Waals surface area contributed by atoms with Crippen LogP contribution in [0.15, 0.2) is 43.0 Å². The lowest BCUT2D eigenvalue weighted by atomic mass is 9.80. The molecule has 5 nitrogen and oxygen atoms in total. The van der Waals surface area contributed by atoms with Gasteiger partial charge in [0.25, 0.3) is 0 Å². The van der Waals surface area contributed by atoms with Gasteiger partial charge >= 0.3 is 0 Å². The molecule has 0 aliphatic heterocycles. The summed E-state index contributed by atoms with van der Waals surface area (Å²) in [5, 5.41) is 0. The van der Waals surface area contributed by atoms with Crippen LogP contribution in [-0.2, 0) is 19.4 Å². The third-order valence-corrected chi connectivity index (χ3v) is 6.00. The zero-order chi connectivity index (χ0) is 16.4. The zero-order valence-corrected chi connectivity index (χ0v) is 12.8. The van der Waals surface area contributed by atoms with Gasteiger partial charge in [-0.1, -0.05) is 36.4 Å². The van der Waals surface area contributed by atoms with Crippen molar-refractivity contribution in [1.29, 1.82) is 0 Å². The summed E-state index contributed by atoms with van der Waals surface area (Å²) in [5.74, 6) is -3.22. The molecule has 1 saturated carbocycles. The Hall–Kier alpha value is -2.08.